The number of aromatic nitrogens is 2. The lowest BCUT2D eigenvalue weighted by Gasteiger charge is -2.15. The van der Waals surface area contributed by atoms with Crippen molar-refractivity contribution in [3.05, 3.63) is 84.2 Å². The Hall–Kier alpha value is -5.10. The number of hydrogen-bond acceptors (Lipinski definition) is 20. The molecule has 0 radical (unpaired) electrons. The predicted molar refractivity (Wildman–Crippen MR) is 258 cm³/mol. The molecule has 2 aromatic heterocycles. The zero-order valence-corrected chi connectivity index (χ0v) is 42.3. The van der Waals surface area contributed by atoms with E-state index in [1.54, 1.807) is 56.9 Å². The first-order valence-electron chi connectivity index (χ1n) is 21.4. The van der Waals surface area contributed by atoms with Crippen LogP contribution in [-0.4, -0.2) is 123 Å². The molecule has 5 rings (SSSR count). The van der Waals surface area contributed by atoms with Crippen LogP contribution in [0.5, 0.6) is 0 Å². The summed E-state index contributed by atoms with van der Waals surface area (Å²) in [6, 6.07) is 18.7. The molecule has 4 heterocycles. The quantitative estimate of drug-likeness (QED) is 0.0366. The zero-order chi connectivity index (χ0) is 51.3. The molecule has 70 heavy (non-hydrogen) atoms. The van der Waals surface area contributed by atoms with Gasteiger partial charge in [0, 0.05) is 61.3 Å². The van der Waals surface area contributed by atoms with Gasteiger partial charge in [-0.1, -0.05) is 64.8 Å². The predicted octanol–water partition coefficient (Wildman–Crippen LogP) is 4.71. The summed E-state index contributed by atoms with van der Waals surface area (Å²) >= 11 is 0. The summed E-state index contributed by atoms with van der Waals surface area (Å²) in [5, 5.41) is 3.75. The minimum Gasteiger partial charge on any atom is -0.356 e. The summed E-state index contributed by atoms with van der Waals surface area (Å²) in [7, 11) is -3.33. The molecule has 1 aromatic carbocycles. The Morgan fingerprint density at radius 1 is 0.671 bits per heavy atom. The molecule has 0 bridgehead atoms. The lowest BCUT2D eigenvalue weighted by atomic mass is 10.0. The van der Waals surface area contributed by atoms with Gasteiger partial charge in [-0.05, 0) is 90.1 Å². The number of pyridine rings is 2. The molecule has 2 saturated heterocycles. The maximum absolute atomic E-state index is 12.8. The normalized spacial score (nSPS) is 16.3. The van der Waals surface area contributed by atoms with Crippen LogP contribution in [0.4, 0.5) is 0 Å². The lowest BCUT2D eigenvalue weighted by Crippen LogP contribution is -2.36. The average Bonchev–Trinajstić information content (AvgIpc) is 3.78. The van der Waals surface area contributed by atoms with Crippen molar-refractivity contribution in [2.24, 2.45) is 0 Å². The molecule has 3 atom stereocenters. The minimum absolute atomic E-state index is 0.0390. The van der Waals surface area contributed by atoms with Crippen molar-refractivity contribution in [3.63, 3.8) is 0 Å². The first kappa shape index (κ1) is 57.5. The van der Waals surface area contributed by atoms with E-state index in [1.807, 2.05) is 55.5 Å². The van der Waals surface area contributed by atoms with E-state index in [2.05, 4.69) is 30.3 Å². The van der Waals surface area contributed by atoms with Gasteiger partial charge in [-0.25, -0.2) is 19.6 Å². The summed E-state index contributed by atoms with van der Waals surface area (Å²) < 4.78 is 62.3. The van der Waals surface area contributed by atoms with E-state index in [1.165, 1.54) is 10.8 Å². The fourth-order valence-corrected chi connectivity index (χ4v) is 11.5. The SMILES string of the molecule is CC(SSc1ccccn1)c1ccccc1C(=O)NCCCCCC(=O)ON1C(=O)CC(S(=O)(=O)O)C1=O.O=C(CCSSc1ccccn1)NCCCCCC(=O)ON1C(=O)CC(S(=O)(=O)O)C1=O. The zero-order valence-electron chi connectivity index (χ0n) is 37.4. The molecule has 2 aliphatic rings. The maximum atomic E-state index is 12.8. The first-order valence-corrected chi connectivity index (χ1v) is 29.0. The Balaban J connectivity index is 0.000000309. The van der Waals surface area contributed by atoms with Crippen molar-refractivity contribution in [2.45, 2.75) is 103 Å². The number of amides is 6. The Morgan fingerprint density at radius 3 is 1.64 bits per heavy atom. The van der Waals surface area contributed by atoms with Gasteiger partial charge < -0.3 is 20.3 Å². The van der Waals surface area contributed by atoms with E-state index in [9.17, 15) is 55.2 Å². The highest BCUT2D eigenvalue weighted by molar-refractivity contribution is 8.77. The fraction of sp³-hybridized carbons (Fsp3) is 0.429. The van der Waals surface area contributed by atoms with Crippen LogP contribution in [-0.2, 0) is 63.5 Å². The molecule has 0 spiro atoms. The van der Waals surface area contributed by atoms with Gasteiger partial charge in [-0.2, -0.15) is 16.8 Å². The van der Waals surface area contributed by atoms with Gasteiger partial charge >= 0.3 is 11.9 Å². The number of nitrogens with zero attached hydrogens (tertiary/aromatic N) is 4. The van der Waals surface area contributed by atoms with Crippen LogP contribution < -0.4 is 10.6 Å². The average molecular weight is 1090 g/mol. The first-order chi connectivity index (χ1) is 33.3. The molecular formula is C42H50N6O16S6. The minimum atomic E-state index is -4.77. The highest BCUT2D eigenvalue weighted by Gasteiger charge is 2.49. The lowest BCUT2D eigenvalue weighted by molar-refractivity contribution is -0.197. The highest BCUT2D eigenvalue weighted by atomic mass is 33.1. The molecule has 2 fully saturated rings. The van der Waals surface area contributed by atoms with E-state index in [0.29, 0.717) is 69.4 Å². The van der Waals surface area contributed by atoms with Crippen molar-refractivity contribution >= 4 is 111 Å². The van der Waals surface area contributed by atoms with Gasteiger partial charge in [0.2, 0.25) is 5.91 Å². The number of hydrogen-bond donors (Lipinski definition) is 4. The van der Waals surface area contributed by atoms with Crippen LogP contribution in [0.1, 0.15) is 98.7 Å². The largest absolute Gasteiger partial charge is 0.356 e. The van der Waals surface area contributed by atoms with E-state index >= 15 is 0 Å². The van der Waals surface area contributed by atoms with E-state index in [-0.39, 0.29) is 40.0 Å². The summed E-state index contributed by atoms with van der Waals surface area (Å²) in [5.74, 6) is -5.98. The third-order valence-corrected chi connectivity index (χ3v) is 16.9. The highest BCUT2D eigenvalue weighted by Crippen LogP contribution is 2.42. The fourth-order valence-electron chi connectivity index (χ4n) is 6.13. The van der Waals surface area contributed by atoms with Crippen molar-refractivity contribution in [1.29, 1.82) is 0 Å². The van der Waals surface area contributed by atoms with Gasteiger partial charge in [0.15, 0.2) is 10.5 Å². The van der Waals surface area contributed by atoms with Crippen LogP contribution >= 0.6 is 43.2 Å². The molecule has 0 aliphatic carbocycles. The summed E-state index contributed by atoms with van der Waals surface area (Å²) in [6.45, 7) is 2.86. The van der Waals surface area contributed by atoms with Crippen LogP contribution in [0.25, 0.3) is 0 Å². The Bertz CT molecular complexity index is 2540. The smallest absolute Gasteiger partial charge is 0.333 e. The number of carbonyl (C=O) groups excluding carboxylic acids is 8. The molecule has 3 unspecified atom stereocenters. The molecule has 28 heteroatoms. The molecule has 2 aliphatic heterocycles. The summed E-state index contributed by atoms with van der Waals surface area (Å²) in [4.78, 5) is 113. The monoisotopic (exact) mass is 1090 g/mol. The van der Waals surface area contributed by atoms with Crippen molar-refractivity contribution in [3.8, 4) is 0 Å². The van der Waals surface area contributed by atoms with Gasteiger partial charge in [0.1, 0.15) is 10.1 Å². The van der Waals surface area contributed by atoms with Crippen LogP contribution in [0.3, 0.4) is 0 Å². The van der Waals surface area contributed by atoms with Crippen molar-refractivity contribution in [1.82, 2.24) is 30.7 Å². The van der Waals surface area contributed by atoms with E-state index in [4.69, 9.17) is 9.11 Å². The number of carbonyl (C=O) groups is 8. The van der Waals surface area contributed by atoms with Gasteiger partial charge in [-0.15, -0.1) is 10.1 Å². The summed E-state index contributed by atoms with van der Waals surface area (Å²) in [5.41, 5.74) is 1.49. The van der Waals surface area contributed by atoms with Crippen molar-refractivity contribution < 1.29 is 74.0 Å². The molecular weight excluding hydrogens is 1040 g/mol. The van der Waals surface area contributed by atoms with Crippen LogP contribution in [0.15, 0.2) is 83.1 Å². The third kappa shape index (κ3) is 19.2. The molecule has 380 valence electrons. The number of rotatable bonds is 26. The maximum Gasteiger partial charge on any atom is 0.333 e. The second kappa shape index (κ2) is 28.7. The number of unbranched alkanes of at least 4 members (excludes halogenated alkanes) is 4. The molecule has 6 amide bonds. The summed E-state index contributed by atoms with van der Waals surface area (Å²) in [6.07, 6.45) is 5.15. The second-order valence-corrected chi connectivity index (χ2v) is 23.2. The van der Waals surface area contributed by atoms with Crippen molar-refractivity contribution in [2.75, 3.05) is 18.8 Å². The third-order valence-electron chi connectivity index (χ3n) is 9.71. The Labute approximate surface area is 419 Å². The van der Waals surface area contributed by atoms with Crippen LogP contribution in [0, 0.1) is 0 Å². The number of nitrogens with one attached hydrogen (secondary N) is 2. The molecule has 4 N–H and O–H groups in total. The van der Waals surface area contributed by atoms with E-state index < -0.39 is 79.1 Å². The van der Waals surface area contributed by atoms with Crippen LogP contribution in [0.2, 0.25) is 0 Å². The number of hydroxylamine groups is 4. The Kier molecular flexibility index (Phi) is 23.5. The number of benzene rings is 1. The van der Waals surface area contributed by atoms with Gasteiger partial charge in [-0.3, -0.25) is 37.9 Å². The van der Waals surface area contributed by atoms with E-state index in [0.717, 1.165) is 15.6 Å². The molecule has 0 saturated carbocycles. The van der Waals surface area contributed by atoms with Gasteiger partial charge in [0.25, 0.3) is 49.8 Å². The number of imide groups is 2. The van der Waals surface area contributed by atoms with Gasteiger partial charge in [0.05, 0.1) is 12.8 Å². The molecule has 3 aromatic rings. The molecule has 22 nitrogen and oxygen atoms in total. The Morgan fingerprint density at radius 2 is 1.16 bits per heavy atom. The standard InChI is InChI=1S/C24H27N3O8S3.C18H23N3O8S3/c1-16(36-37-20-11-6-8-13-25-20)17-9-4-5-10-18(17)23(30)26-14-7-2-3-12-22(29)35-27-21(28)15-19(24(27)31)38(32,33)34;22-14(8-11-30-31-15-6-3-5-10-20-15)19-9-4-1-2-7-17(24)29-21-16(23)12-13(18(21)25)32(26,27)28/h4-6,8-11,13,16,19H,2-3,7,12,14-15H2,1H3,(H,26,30)(H,32,33,34);3,5-6,10,13H,1-2,4,7-9,11-12H2,(H,19,22)(H,26,27,28). The second-order valence-electron chi connectivity index (χ2n) is 15.0. The topological polar surface area (TPSA) is 320 Å².